The summed E-state index contributed by atoms with van der Waals surface area (Å²) in [5.41, 5.74) is -0.424. The first-order chi connectivity index (χ1) is 15.6. The standard InChI is InChI=1S/C24H39O8P/c1-6-28-33(27,29-7-2)30-16-18-11-13-24(23(4,5)15-18)21(31-22(26)32-24)20-17(3)9-8-10-19(20)12-14-25/h14-15,17,19-21H,6-13,16H2,1-5H3/t17-,19+,20-,21+,24-/m1/s1. The summed E-state index contributed by atoms with van der Waals surface area (Å²) in [4.78, 5) is 23.9. The van der Waals surface area contributed by atoms with E-state index in [9.17, 15) is 14.2 Å². The van der Waals surface area contributed by atoms with E-state index in [0.29, 0.717) is 25.2 Å². The molecule has 1 aliphatic heterocycles. The summed E-state index contributed by atoms with van der Waals surface area (Å²) in [6.07, 6.45) is 6.70. The van der Waals surface area contributed by atoms with Gasteiger partial charge in [0.1, 0.15) is 12.4 Å². The van der Waals surface area contributed by atoms with Crippen LogP contribution in [0.25, 0.3) is 0 Å². The van der Waals surface area contributed by atoms with Gasteiger partial charge in [0.15, 0.2) is 5.60 Å². The van der Waals surface area contributed by atoms with Crippen LogP contribution in [0.3, 0.4) is 0 Å². The highest BCUT2D eigenvalue weighted by Gasteiger charge is 2.64. The van der Waals surface area contributed by atoms with Gasteiger partial charge in [-0.3, -0.25) is 13.6 Å². The van der Waals surface area contributed by atoms with Crippen molar-refractivity contribution in [2.45, 2.75) is 84.8 Å². The zero-order valence-corrected chi connectivity index (χ0v) is 21.4. The van der Waals surface area contributed by atoms with Gasteiger partial charge in [-0.15, -0.1) is 0 Å². The summed E-state index contributed by atoms with van der Waals surface area (Å²) in [6.45, 7) is 10.3. The molecule has 0 amide bonds. The second-order valence-electron chi connectivity index (χ2n) is 10.0. The van der Waals surface area contributed by atoms with E-state index >= 15 is 0 Å². The third-order valence-electron chi connectivity index (χ3n) is 7.59. The zero-order chi connectivity index (χ0) is 24.3. The van der Waals surface area contributed by atoms with Crippen LogP contribution in [0, 0.1) is 23.2 Å². The highest BCUT2D eigenvalue weighted by Crippen LogP contribution is 2.56. The van der Waals surface area contributed by atoms with E-state index in [4.69, 9.17) is 23.0 Å². The molecule has 3 aliphatic rings. The van der Waals surface area contributed by atoms with Gasteiger partial charge in [-0.05, 0) is 50.5 Å². The Kier molecular flexibility index (Phi) is 8.47. The molecule has 188 valence electrons. The van der Waals surface area contributed by atoms with Crippen LogP contribution in [-0.2, 0) is 32.4 Å². The SMILES string of the molecule is CCOP(=O)(OCC)OCC1=CC(C)(C)[C@]2(CC1)OC(=O)O[C@H]2[C@H]1[C@H](CC=O)CCC[C@H]1C. The third-order valence-corrected chi connectivity index (χ3v) is 9.18. The van der Waals surface area contributed by atoms with Crippen molar-refractivity contribution in [1.29, 1.82) is 0 Å². The molecule has 1 spiro atoms. The fourth-order valence-corrected chi connectivity index (χ4v) is 7.26. The molecule has 2 fully saturated rings. The quantitative estimate of drug-likeness (QED) is 0.164. The number of carbonyl (C=O) groups excluding carboxylic acids is 2. The van der Waals surface area contributed by atoms with Gasteiger partial charge in [-0.25, -0.2) is 9.36 Å². The molecule has 0 aromatic rings. The molecule has 0 N–H and O–H groups in total. The number of ether oxygens (including phenoxy) is 2. The molecule has 33 heavy (non-hydrogen) atoms. The number of hydrogen-bond donors (Lipinski definition) is 0. The molecule has 3 rings (SSSR count). The lowest BCUT2D eigenvalue weighted by Gasteiger charge is -2.50. The van der Waals surface area contributed by atoms with Gasteiger partial charge in [0.2, 0.25) is 0 Å². The fourth-order valence-electron chi connectivity index (χ4n) is 6.08. The number of aldehydes is 1. The Morgan fingerprint density at radius 1 is 1.18 bits per heavy atom. The van der Waals surface area contributed by atoms with Crippen molar-refractivity contribution in [1.82, 2.24) is 0 Å². The van der Waals surface area contributed by atoms with E-state index in [1.807, 2.05) is 13.8 Å². The third kappa shape index (κ3) is 5.39. The van der Waals surface area contributed by atoms with Crippen LogP contribution in [0.5, 0.6) is 0 Å². The summed E-state index contributed by atoms with van der Waals surface area (Å²) in [5.74, 6) is 0.570. The smallest absolute Gasteiger partial charge is 0.426 e. The van der Waals surface area contributed by atoms with Crippen molar-refractivity contribution in [2.75, 3.05) is 19.8 Å². The van der Waals surface area contributed by atoms with Crippen LogP contribution in [0.1, 0.15) is 73.1 Å². The normalized spacial score (nSPS) is 34.0. The Hall–Kier alpha value is -1.21. The molecule has 1 saturated heterocycles. The number of rotatable bonds is 10. The molecule has 9 heteroatoms. The van der Waals surface area contributed by atoms with Crippen LogP contribution < -0.4 is 0 Å². The summed E-state index contributed by atoms with van der Waals surface area (Å²) in [6, 6.07) is 0. The number of phosphoric acid groups is 1. The van der Waals surface area contributed by atoms with Gasteiger partial charge in [-0.1, -0.05) is 39.7 Å². The number of carbonyl (C=O) groups is 2. The highest BCUT2D eigenvalue weighted by molar-refractivity contribution is 7.48. The Bertz CT molecular complexity index is 783. The van der Waals surface area contributed by atoms with E-state index in [2.05, 4.69) is 13.0 Å². The maximum absolute atomic E-state index is 12.7. The predicted octanol–water partition coefficient (Wildman–Crippen LogP) is 5.85. The molecule has 8 nitrogen and oxygen atoms in total. The summed E-state index contributed by atoms with van der Waals surface area (Å²) < 4.78 is 40.6. The van der Waals surface area contributed by atoms with Crippen molar-refractivity contribution in [3.05, 3.63) is 11.6 Å². The monoisotopic (exact) mass is 486 g/mol. The topological polar surface area (TPSA) is 97.4 Å². The van der Waals surface area contributed by atoms with E-state index in [0.717, 1.165) is 31.1 Å². The molecular weight excluding hydrogens is 447 g/mol. The van der Waals surface area contributed by atoms with Crippen LogP contribution in [0.4, 0.5) is 4.79 Å². The predicted molar refractivity (Wildman–Crippen MR) is 123 cm³/mol. The number of cyclic esters (lactones) is 1. The molecule has 0 aromatic heterocycles. The minimum absolute atomic E-state index is 0.0667. The maximum Gasteiger partial charge on any atom is 0.509 e. The Morgan fingerprint density at radius 2 is 1.88 bits per heavy atom. The van der Waals surface area contributed by atoms with E-state index in [1.54, 1.807) is 13.8 Å². The van der Waals surface area contributed by atoms with Crippen molar-refractivity contribution in [3.8, 4) is 0 Å². The van der Waals surface area contributed by atoms with E-state index < -0.39 is 31.1 Å². The molecule has 1 heterocycles. The molecule has 2 aliphatic carbocycles. The second kappa shape index (κ2) is 10.6. The summed E-state index contributed by atoms with van der Waals surface area (Å²) in [7, 11) is -3.61. The lowest BCUT2D eigenvalue weighted by molar-refractivity contribution is -0.116. The minimum atomic E-state index is -3.61. The minimum Gasteiger partial charge on any atom is -0.426 e. The van der Waals surface area contributed by atoms with Gasteiger partial charge in [0.05, 0.1) is 19.8 Å². The van der Waals surface area contributed by atoms with Crippen LogP contribution in [0.2, 0.25) is 0 Å². The van der Waals surface area contributed by atoms with E-state index in [1.165, 1.54) is 0 Å². The van der Waals surface area contributed by atoms with Gasteiger partial charge in [0, 0.05) is 17.8 Å². The van der Waals surface area contributed by atoms with Crippen LogP contribution >= 0.6 is 7.82 Å². The lowest BCUT2D eigenvalue weighted by atomic mass is 9.58. The van der Waals surface area contributed by atoms with Crippen molar-refractivity contribution < 1.29 is 37.2 Å². The van der Waals surface area contributed by atoms with Crippen molar-refractivity contribution in [3.63, 3.8) is 0 Å². The van der Waals surface area contributed by atoms with Crippen LogP contribution in [0.15, 0.2) is 11.6 Å². The first-order valence-corrected chi connectivity index (χ1v) is 13.6. The van der Waals surface area contributed by atoms with Gasteiger partial charge >= 0.3 is 14.0 Å². The van der Waals surface area contributed by atoms with E-state index in [-0.39, 0.29) is 31.7 Å². The first-order valence-electron chi connectivity index (χ1n) is 12.2. The first kappa shape index (κ1) is 26.4. The Balaban J connectivity index is 1.85. The molecule has 0 unspecified atom stereocenters. The maximum atomic E-state index is 12.7. The molecule has 0 bridgehead atoms. The largest absolute Gasteiger partial charge is 0.509 e. The fraction of sp³-hybridized carbons (Fsp3) is 0.833. The van der Waals surface area contributed by atoms with Gasteiger partial charge in [-0.2, -0.15) is 0 Å². The molecule has 0 radical (unpaired) electrons. The molecule has 0 aromatic carbocycles. The molecule has 1 saturated carbocycles. The number of phosphoric ester groups is 1. The van der Waals surface area contributed by atoms with Gasteiger partial charge < -0.3 is 14.3 Å². The molecule has 5 atom stereocenters. The Morgan fingerprint density at radius 3 is 2.48 bits per heavy atom. The zero-order valence-electron chi connectivity index (χ0n) is 20.5. The lowest BCUT2D eigenvalue weighted by Crippen LogP contribution is -2.58. The average Bonchev–Trinajstić information content (AvgIpc) is 3.07. The summed E-state index contributed by atoms with van der Waals surface area (Å²) >= 11 is 0. The second-order valence-corrected chi connectivity index (χ2v) is 11.7. The van der Waals surface area contributed by atoms with Crippen LogP contribution in [-0.4, -0.2) is 44.0 Å². The Labute approximate surface area is 197 Å². The number of hydrogen-bond acceptors (Lipinski definition) is 8. The van der Waals surface area contributed by atoms with Crippen molar-refractivity contribution >= 4 is 20.3 Å². The molecular formula is C24H39O8P. The van der Waals surface area contributed by atoms with Crippen molar-refractivity contribution in [2.24, 2.45) is 23.2 Å². The highest BCUT2D eigenvalue weighted by atomic mass is 31.2. The summed E-state index contributed by atoms with van der Waals surface area (Å²) in [5, 5.41) is 0. The average molecular weight is 487 g/mol. The van der Waals surface area contributed by atoms with Gasteiger partial charge in [0.25, 0.3) is 0 Å².